The number of aromatic amines is 1. The number of hydrogen-bond donors (Lipinski definition) is 1. The number of fused-ring (bicyclic) bond motifs is 2. The zero-order valence-corrected chi connectivity index (χ0v) is 24.0. The van der Waals surface area contributed by atoms with Gasteiger partial charge in [-0.1, -0.05) is 72.8 Å². The third kappa shape index (κ3) is 4.78. The highest BCUT2D eigenvalue weighted by molar-refractivity contribution is 7.85. The first-order chi connectivity index (χ1) is 20.2. The summed E-state index contributed by atoms with van der Waals surface area (Å²) < 4.78 is 42.7. The molecule has 42 heavy (non-hydrogen) atoms. The molecule has 0 aliphatic carbocycles. The van der Waals surface area contributed by atoms with Gasteiger partial charge in [-0.3, -0.25) is 23.4 Å². The van der Waals surface area contributed by atoms with E-state index in [1.54, 1.807) is 7.11 Å². The van der Waals surface area contributed by atoms with Crippen LogP contribution in [0.25, 0.3) is 0 Å². The molecule has 10 nitrogen and oxygen atoms in total. The first-order valence-electron chi connectivity index (χ1n) is 13.5. The number of benzene rings is 3. The van der Waals surface area contributed by atoms with Crippen molar-refractivity contribution in [3.8, 4) is 5.75 Å². The third-order valence-electron chi connectivity index (χ3n) is 8.18. The van der Waals surface area contributed by atoms with E-state index in [0.29, 0.717) is 12.2 Å². The Morgan fingerprint density at radius 1 is 0.929 bits per heavy atom. The van der Waals surface area contributed by atoms with Crippen LogP contribution in [0.3, 0.4) is 0 Å². The van der Waals surface area contributed by atoms with Crippen LogP contribution in [-0.4, -0.2) is 61.5 Å². The van der Waals surface area contributed by atoms with Crippen LogP contribution in [0.5, 0.6) is 5.75 Å². The van der Waals surface area contributed by atoms with Crippen molar-refractivity contribution in [3.63, 3.8) is 0 Å². The summed E-state index contributed by atoms with van der Waals surface area (Å²) in [6, 6.07) is 28.8. The number of rotatable bonds is 9. The zero-order valence-electron chi connectivity index (χ0n) is 23.2. The molecule has 11 heteroatoms. The Morgan fingerprint density at radius 3 is 2.07 bits per heavy atom. The first-order valence-corrected chi connectivity index (χ1v) is 15.3. The lowest BCUT2D eigenvalue weighted by Crippen LogP contribution is -2.60. The molecule has 3 atom stereocenters. The largest absolute Gasteiger partial charge is 0.497 e. The van der Waals surface area contributed by atoms with Crippen molar-refractivity contribution in [2.45, 2.75) is 29.8 Å². The summed E-state index contributed by atoms with van der Waals surface area (Å²) in [4.78, 5) is 29.7. The summed E-state index contributed by atoms with van der Waals surface area (Å²) in [5.41, 5.74) is -0.322. The molecule has 2 bridgehead atoms. The lowest BCUT2D eigenvalue weighted by Gasteiger charge is -2.50. The fourth-order valence-corrected chi connectivity index (χ4v) is 6.91. The van der Waals surface area contributed by atoms with Gasteiger partial charge in [-0.15, -0.1) is 0 Å². The number of nitrogens with zero attached hydrogens (tertiary/aromatic N) is 2. The molecule has 2 fully saturated rings. The summed E-state index contributed by atoms with van der Waals surface area (Å²) in [6.07, 6.45) is 2.07. The van der Waals surface area contributed by atoms with Gasteiger partial charge < -0.3 is 9.47 Å². The molecule has 3 heterocycles. The summed E-state index contributed by atoms with van der Waals surface area (Å²) >= 11 is 0. The van der Waals surface area contributed by atoms with Crippen molar-refractivity contribution in [1.29, 1.82) is 0 Å². The van der Waals surface area contributed by atoms with Crippen LogP contribution in [0.15, 0.2) is 107 Å². The number of morpholine rings is 1. The molecule has 2 aliphatic rings. The molecular formula is C31H31N3O7S. The van der Waals surface area contributed by atoms with Gasteiger partial charge in [0.2, 0.25) is 0 Å². The number of nitrogens with one attached hydrogen (secondary N) is 1. The second-order valence-electron chi connectivity index (χ2n) is 10.6. The van der Waals surface area contributed by atoms with Crippen LogP contribution >= 0.6 is 0 Å². The van der Waals surface area contributed by atoms with Crippen LogP contribution < -0.4 is 16.0 Å². The van der Waals surface area contributed by atoms with Crippen molar-refractivity contribution in [2.75, 3.05) is 26.5 Å². The fourth-order valence-electron chi connectivity index (χ4n) is 6.52. The van der Waals surface area contributed by atoms with Crippen molar-refractivity contribution in [2.24, 2.45) is 0 Å². The molecule has 2 saturated heterocycles. The number of ether oxygens (including phenoxy) is 2. The predicted molar refractivity (Wildman–Crippen MR) is 156 cm³/mol. The normalized spacial score (nSPS) is 22.3. The van der Waals surface area contributed by atoms with Gasteiger partial charge in [0.25, 0.3) is 15.7 Å². The van der Waals surface area contributed by atoms with Crippen molar-refractivity contribution < 1.29 is 22.1 Å². The highest BCUT2D eigenvalue weighted by Gasteiger charge is 2.63. The van der Waals surface area contributed by atoms with E-state index >= 15 is 0 Å². The Bertz CT molecular complexity index is 1750. The minimum atomic E-state index is -3.77. The topological polar surface area (TPSA) is 120 Å². The van der Waals surface area contributed by atoms with E-state index < -0.39 is 38.7 Å². The molecule has 2 aliphatic heterocycles. The molecule has 0 radical (unpaired) electrons. The Morgan fingerprint density at radius 2 is 1.52 bits per heavy atom. The van der Waals surface area contributed by atoms with E-state index in [9.17, 15) is 18.0 Å². The minimum absolute atomic E-state index is 0.234. The van der Waals surface area contributed by atoms with Gasteiger partial charge in [0.15, 0.2) is 5.72 Å². The SMILES string of the molecule is COc1ccc(C(c2ccccc2)(c2ccccc2)N2C[C@]3(n4ccc(=O)[nH]c4=O)C[C@@H]2[C@@H](COS(C)(=O)=O)O3)cc1. The van der Waals surface area contributed by atoms with Crippen molar-refractivity contribution >= 4 is 10.1 Å². The smallest absolute Gasteiger partial charge is 0.330 e. The quantitative estimate of drug-likeness (QED) is 0.234. The van der Waals surface area contributed by atoms with Crippen LogP contribution in [0.1, 0.15) is 23.1 Å². The number of methoxy groups -OCH3 is 1. The molecule has 0 amide bonds. The van der Waals surface area contributed by atoms with Gasteiger partial charge in [0.05, 0.1) is 25.5 Å². The Kier molecular flexibility index (Phi) is 7.14. The molecule has 3 aromatic carbocycles. The summed E-state index contributed by atoms with van der Waals surface area (Å²) in [6.45, 7) is 0.0247. The van der Waals surface area contributed by atoms with Gasteiger partial charge in [0, 0.05) is 31.3 Å². The number of aromatic nitrogens is 2. The van der Waals surface area contributed by atoms with E-state index in [2.05, 4.69) is 34.1 Å². The summed E-state index contributed by atoms with van der Waals surface area (Å²) in [7, 11) is -2.16. The first kappa shape index (κ1) is 28.1. The van der Waals surface area contributed by atoms with Crippen molar-refractivity contribution in [3.05, 3.63) is 135 Å². The lowest BCUT2D eigenvalue weighted by molar-refractivity contribution is -0.162. The van der Waals surface area contributed by atoms with Gasteiger partial charge in [-0.25, -0.2) is 4.79 Å². The maximum absolute atomic E-state index is 13.1. The van der Waals surface area contributed by atoms with Crippen LogP contribution in [-0.2, 0) is 30.3 Å². The highest BCUT2D eigenvalue weighted by atomic mass is 32.2. The Hall–Kier alpha value is -4.03. The molecule has 1 N–H and O–H groups in total. The van der Waals surface area contributed by atoms with Gasteiger partial charge in [-0.2, -0.15) is 8.42 Å². The molecule has 218 valence electrons. The fraction of sp³-hybridized carbons (Fsp3) is 0.290. The van der Waals surface area contributed by atoms with Crippen molar-refractivity contribution in [1.82, 2.24) is 14.5 Å². The molecule has 6 rings (SSSR count). The lowest BCUT2D eigenvalue weighted by atomic mass is 9.74. The monoisotopic (exact) mass is 589 g/mol. The van der Waals surface area contributed by atoms with Gasteiger partial charge >= 0.3 is 5.69 Å². The summed E-state index contributed by atoms with van der Waals surface area (Å²) in [5.74, 6) is 0.704. The van der Waals surface area contributed by atoms with Crippen LogP contribution in [0.4, 0.5) is 0 Å². The third-order valence-corrected chi connectivity index (χ3v) is 8.74. The maximum atomic E-state index is 13.1. The molecule has 4 aromatic rings. The number of hydrogen-bond acceptors (Lipinski definition) is 8. The average Bonchev–Trinajstić information content (AvgIpc) is 3.55. The molecule has 1 aromatic heterocycles. The molecule has 0 saturated carbocycles. The van der Waals surface area contributed by atoms with Crippen LogP contribution in [0, 0.1) is 0 Å². The standard InChI is InChI=1S/C31H31N3O7S/c1-39-25-15-13-24(14-16-25)31(22-9-5-3-6-10-22,23-11-7-4-8-12-23)34-21-30(33-18-17-28(35)32-29(33)36)19-26(34)27(41-30)20-40-42(2,37)38/h3-18,26-27H,19-21H2,1-2H3,(H,32,35,36)/t26-,27-,30+/m1/s1. The van der Waals surface area contributed by atoms with E-state index in [4.69, 9.17) is 13.7 Å². The van der Waals surface area contributed by atoms with E-state index in [-0.39, 0.29) is 19.2 Å². The predicted octanol–water partition coefficient (Wildman–Crippen LogP) is 2.64. The van der Waals surface area contributed by atoms with E-state index in [1.165, 1.54) is 16.8 Å². The summed E-state index contributed by atoms with van der Waals surface area (Å²) in [5, 5.41) is 0. The second kappa shape index (κ2) is 10.7. The molecular weight excluding hydrogens is 558 g/mol. The second-order valence-corrected chi connectivity index (χ2v) is 12.3. The van der Waals surface area contributed by atoms with Gasteiger partial charge in [0.1, 0.15) is 11.9 Å². The van der Waals surface area contributed by atoms with E-state index in [0.717, 1.165) is 22.9 Å². The molecule has 0 unspecified atom stereocenters. The zero-order chi connectivity index (χ0) is 29.5. The van der Waals surface area contributed by atoms with Gasteiger partial charge in [-0.05, 0) is 28.8 Å². The number of likely N-dealkylation sites (tertiary alicyclic amines) is 1. The number of H-pyrrole nitrogens is 1. The van der Waals surface area contributed by atoms with Crippen LogP contribution in [0.2, 0.25) is 0 Å². The van der Waals surface area contributed by atoms with E-state index in [1.807, 2.05) is 60.7 Å². The average molecular weight is 590 g/mol. The highest BCUT2D eigenvalue weighted by Crippen LogP contribution is 2.54. The molecule has 0 spiro atoms. The Balaban J connectivity index is 1.61. The minimum Gasteiger partial charge on any atom is -0.497 e. The Labute approximate surface area is 243 Å². The maximum Gasteiger partial charge on any atom is 0.330 e.